The largest absolute Gasteiger partial charge is 0.357 e. The molecule has 0 saturated carbocycles. The number of benzene rings is 3. The Morgan fingerprint density at radius 1 is 0.974 bits per heavy atom. The van der Waals surface area contributed by atoms with E-state index in [0.29, 0.717) is 5.56 Å². The number of nitrogens with zero attached hydrogens (tertiary/aromatic N) is 2. The average Bonchev–Trinajstić information content (AvgIpc) is 2.87. The van der Waals surface area contributed by atoms with Gasteiger partial charge in [-0.2, -0.15) is 0 Å². The van der Waals surface area contributed by atoms with Crippen molar-refractivity contribution in [1.82, 2.24) is 10.2 Å². The van der Waals surface area contributed by atoms with E-state index in [1.54, 1.807) is 19.1 Å². The molecule has 0 aliphatic heterocycles. The lowest BCUT2D eigenvalue weighted by molar-refractivity contribution is -0.140. The Kier molecular flexibility index (Phi) is 9.76. The van der Waals surface area contributed by atoms with Crippen molar-refractivity contribution in [1.29, 1.82) is 0 Å². The lowest BCUT2D eigenvalue weighted by atomic mass is 10.1. The molecule has 0 heterocycles. The van der Waals surface area contributed by atoms with Crippen LogP contribution in [0.25, 0.3) is 0 Å². The minimum Gasteiger partial charge on any atom is -0.357 e. The highest BCUT2D eigenvalue weighted by atomic mass is 35.5. The number of amides is 2. The zero-order valence-electron chi connectivity index (χ0n) is 21.1. The van der Waals surface area contributed by atoms with E-state index in [9.17, 15) is 22.4 Å². The second-order valence-electron chi connectivity index (χ2n) is 8.64. The lowest BCUT2D eigenvalue weighted by Crippen LogP contribution is -2.51. The Hall–Kier alpha value is -3.14. The van der Waals surface area contributed by atoms with Gasteiger partial charge in [0.05, 0.1) is 10.6 Å². The highest BCUT2D eigenvalue weighted by molar-refractivity contribution is 7.92. The third kappa shape index (κ3) is 7.03. The van der Waals surface area contributed by atoms with Crippen LogP contribution in [0.1, 0.15) is 24.5 Å². The Morgan fingerprint density at radius 3 is 2.08 bits per heavy atom. The molecule has 3 aromatic carbocycles. The summed E-state index contributed by atoms with van der Waals surface area (Å²) in [6.07, 6.45) is 0.264. The fourth-order valence-corrected chi connectivity index (χ4v) is 5.83. The predicted octanol–water partition coefficient (Wildman–Crippen LogP) is 5.19. The molecule has 0 aromatic heterocycles. The highest BCUT2D eigenvalue weighted by Gasteiger charge is 2.33. The molecule has 3 rings (SSSR count). The molecule has 2 amide bonds. The molecule has 0 fully saturated rings. The van der Waals surface area contributed by atoms with Gasteiger partial charge >= 0.3 is 0 Å². The SMILES string of the molecule is CCC(C(=O)NC)N(Cc1ccc(F)cc1)C(=O)CN(c1cc(Cl)cc(Cl)c1)S(=O)(=O)c1ccc(C)cc1. The van der Waals surface area contributed by atoms with Gasteiger partial charge in [-0.05, 0) is 61.4 Å². The standard InChI is InChI=1S/C27H28Cl2FN3O4S/c1-4-25(27(35)31-3)32(16-19-7-9-22(30)10-8-19)26(34)17-33(23-14-20(28)13-21(29)15-23)38(36,37)24-11-5-18(2)6-12-24/h5-15,25H,4,16-17H2,1-3H3,(H,31,35). The minimum absolute atomic E-state index is 0.0320. The number of sulfonamides is 1. The lowest BCUT2D eigenvalue weighted by Gasteiger charge is -2.33. The summed E-state index contributed by atoms with van der Waals surface area (Å²) in [5, 5.41) is 2.92. The number of carbonyl (C=O) groups excluding carboxylic acids is 2. The monoisotopic (exact) mass is 579 g/mol. The molecule has 38 heavy (non-hydrogen) atoms. The van der Waals surface area contributed by atoms with Crippen molar-refractivity contribution in [3.8, 4) is 0 Å². The van der Waals surface area contributed by atoms with Gasteiger partial charge in [-0.25, -0.2) is 12.8 Å². The summed E-state index contributed by atoms with van der Waals surface area (Å²) in [5.41, 5.74) is 1.52. The van der Waals surface area contributed by atoms with E-state index in [1.165, 1.54) is 66.5 Å². The molecule has 0 spiro atoms. The Balaban J connectivity index is 2.09. The third-order valence-electron chi connectivity index (χ3n) is 5.92. The van der Waals surface area contributed by atoms with E-state index in [1.807, 2.05) is 6.92 Å². The number of aryl methyl sites for hydroxylation is 1. The van der Waals surface area contributed by atoms with Crippen LogP contribution in [0.3, 0.4) is 0 Å². The van der Waals surface area contributed by atoms with E-state index >= 15 is 0 Å². The third-order valence-corrected chi connectivity index (χ3v) is 8.15. The molecule has 3 aromatic rings. The normalized spacial score (nSPS) is 12.1. The molecule has 1 unspecified atom stereocenters. The van der Waals surface area contributed by atoms with Gasteiger partial charge in [0, 0.05) is 23.6 Å². The van der Waals surface area contributed by atoms with Crippen molar-refractivity contribution in [2.24, 2.45) is 0 Å². The van der Waals surface area contributed by atoms with Crippen LogP contribution in [0, 0.1) is 12.7 Å². The molecule has 202 valence electrons. The Labute approximate surface area is 232 Å². The zero-order chi connectivity index (χ0) is 28.0. The average molecular weight is 581 g/mol. The summed E-state index contributed by atoms with van der Waals surface area (Å²) < 4.78 is 42.0. The zero-order valence-corrected chi connectivity index (χ0v) is 23.4. The fourth-order valence-electron chi connectivity index (χ4n) is 3.92. The molecule has 11 heteroatoms. The molecule has 1 N–H and O–H groups in total. The second kappa shape index (κ2) is 12.6. The number of hydrogen-bond acceptors (Lipinski definition) is 4. The van der Waals surface area contributed by atoms with Crippen LogP contribution in [0.5, 0.6) is 0 Å². The van der Waals surface area contributed by atoms with Crippen LogP contribution >= 0.6 is 23.2 Å². The first-order valence-electron chi connectivity index (χ1n) is 11.8. The van der Waals surface area contributed by atoms with E-state index < -0.39 is 40.2 Å². The minimum atomic E-state index is -4.25. The maximum absolute atomic E-state index is 13.8. The van der Waals surface area contributed by atoms with Crippen LogP contribution in [0.4, 0.5) is 10.1 Å². The quantitative estimate of drug-likeness (QED) is 0.358. The Bertz CT molecular complexity index is 1380. The number of hydrogen-bond donors (Lipinski definition) is 1. The number of rotatable bonds is 10. The van der Waals surface area contributed by atoms with E-state index in [2.05, 4.69) is 5.32 Å². The van der Waals surface area contributed by atoms with Crippen molar-refractivity contribution in [3.63, 3.8) is 0 Å². The maximum atomic E-state index is 13.8. The van der Waals surface area contributed by atoms with E-state index in [0.717, 1.165) is 9.87 Å². The van der Waals surface area contributed by atoms with Crippen LogP contribution < -0.4 is 9.62 Å². The molecule has 0 aliphatic rings. The summed E-state index contributed by atoms with van der Waals surface area (Å²) in [5.74, 6) is -1.50. The van der Waals surface area contributed by atoms with Gasteiger partial charge in [0.25, 0.3) is 10.0 Å². The van der Waals surface area contributed by atoms with Gasteiger partial charge in [-0.3, -0.25) is 13.9 Å². The fraction of sp³-hybridized carbons (Fsp3) is 0.259. The van der Waals surface area contributed by atoms with Gasteiger partial charge in [0.2, 0.25) is 11.8 Å². The van der Waals surface area contributed by atoms with Crippen molar-refractivity contribution in [2.45, 2.75) is 37.8 Å². The van der Waals surface area contributed by atoms with Gasteiger partial charge in [0.1, 0.15) is 18.4 Å². The maximum Gasteiger partial charge on any atom is 0.264 e. The molecule has 0 bridgehead atoms. The van der Waals surface area contributed by atoms with Crippen LogP contribution in [-0.2, 0) is 26.2 Å². The van der Waals surface area contributed by atoms with Crippen molar-refractivity contribution < 1.29 is 22.4 Å². The first-order chi connectivity index (χ1) is 18.0. The number of nitrogens with one attached hydrogen (secondary N) is 1. The molecule has 0 radical (unpaired) electrons. The molecular formula is C27H28Cl2FN3O4S. The second-order valence-corrected chi connectivity index (χ2v) is 11.4. The van der Waals surface area contributed by atoms with Crippen LogP contribution in [-0.4, -0.2) is 44.8 Å². The molecule has 1 atom stereocenters. The van der Waals surface area contributed by atoms with E-state index in [-0.39, 0.29) is 33.6 Å². The highest BCUT2D eigenvalue weighted by Crippen LogP contribution is 2.30. The number of anilines is 1. The van der Waals surface area contributed by atoms with Crippen LogP contribution in [0.15, 0.2) is 71.6 Å². The first-order valence-corrected chi connectivity index (χ1v) is 14.0. The van der Waals surface area contributed by atoms with Gasteiger partial charge < -0.3 is 10.2 Å². The Morgan fingerprint density at radius 2 is 1.55 bits per heavy atom. The molecular weight excluding hydrogens is 552 g/mol. The number of carbonyl (C=O) groups is 2. The summed E-state index contributed by atoms with van der Waals surface area (Å²) >= 11 is 12.4. The van der Waals surface area contributed by atoms with Gasteiger partial charge in [-0.1, -0.05) is 60.0 Å². The van der Waals surface area contributed by atoms with Crippen LogP contribution in [0.2, 0.25) is 10.0 Å². The van der Waals surface area contributed by atoms with E-state index in [4.69, 9.17) is 23.2 Å². The number of halogens is 3. The van der Waals surface area contributed by atoms with Crippen molar-refractivity contribution in [3.05, 3.63) is 93.7 Å². The van der Waals surface area contributed by atoms with Gasteiger partial charge in [-0.15, -0.1) is 0 Å². The molecule has 7 nitrogen and oxygen atoms in total. The van der Waals surface area contributed by atoms with Gasteiger partial charge in [0.15, 0.2) is 0 Å². The summed E-state index contributed by atoms with van der Waals surface area (Å²) in [4.78, 5) is 27.8. The number of likely N-dealkylation sites (N-methyl/N-ethyl adjacent to an activating group) is 1. The van der Waals surface area contributed by atoms with Crippen molar-refractivity contribution in [2.75, 3.05) is 17.9 Å². The first kappa shape index (κ1) is 29.4. The predicted molar refractivity (Wildman–Crippen MR) is 147 cm³/mol. The molecule has 0 aliphatic carbocycles. The topological polar surface area (TPSA) is 86.8 Å². The van der Waals surface area contributed by atoms with Crippen molar-refractivity contribution >= 4 is 50.7 Å². The summed E-state index contributed by atoms with van der Waals surface area (Å²) in [7, 11) is -2.80. The summed E-state index contributed by atoms with van der Waals surface area (Å²) in [6, 6.07) is 15.0. The smallest absolute Gasteiger partial charge is 0.264 e. The molecule has 0 saturated heterocycles. The summed E-state index contributed by atoms with van der Waals surface area (Å²) in [6.45, 7) is 2.88.